The lowest BCUT2D eigenvalue weighted by atomic mass is 9.97. The number of amides is 1. The van der Waals surface area contributed by atoms with Crippen molar-refractivity contribution in [1.82, 2.24) is 10.3 Å². The second-order valence-electron chi connectivity index (χ2n) is 7.66. The molecule has 0 spiro atoms. The summed E-state index contributed by atoms with van der Waals surface area (Å²) in [6.07, 6.45) is 1.68. The van der Waals surface area contributed by atoms with E-state index in [1.807, 2.05) is 6.07 Å². The maximum absolute atomic E-state index is 13.9. The molecule has 1 amide bonds. The number of benzene rings is 1. The van der Waals surface area contributed by atoms with Crippen LogP contribution >= 0.6 is 0 Å². The molecule has 6 nitrogen and oxygen atoms in total. The largest absolute Gasteiger partial charge is 0.369 e. The predicted octanol–water partition coefficient (Wildman–Crippen LogP) is 3.21. The van der Waals surface area contributed by atoms with Gasteiger partial charge in [0.1, 0.15) is 23.4 Å². The molecule has 3 N–H and O–H groups in total. The first-order valence-electron chi connectivity index (χ1n) is 9.60. The molecule has 0 saturated carbocycles. The van der Waals surface area contributed by atoms with E-state index >= 15 is 0 Å². The van der Waals surface area contributed by atoms with Crippen molar-refractivity contribution in [3.63, 3.8) is 0 Å². The van der Waals surface area contributed by atoms with Gasteiger partial charge in [0.05, 0.1) is 17.3 Å². The predicted molar refractivity (Wildman–Crippen MR) is 107 cm³/mol. The van der Waals surface area contributed by atoms with E-state index in [9.17, 15) is 27.6 Å². The summed E-state index contributed by atoms with van der Waals surface area (Å²) in [7, 11) is 0. The summed E-state index contributed by atoms with van der Waals surface area (Å²) in [5.41, 5.74) is 5.95. The normalized spacial score (nSPS) is 17.4. The Morgan fingerprint density at radius 2 is 2.00 bits per heavy atom. The summed E-state index contributed by atoms with van der Waals surface area (Å²) >= 11 is 0. The molecule has 2 aromatic rings. The molecule has 2 heterocycles. The Bertz CT molecular complexity index is 1030. The summed E-state index contributed by atoms with van der Waals surface area (Å²) in [6.45, 7) is 2.54. The van der Waals surface area contributed by atoms with E-state index in [0.29, 0.717) is 32.5 Å². The van der Waals surface area contributed by atoms with Crippen LogP contribution in [-0.4, -0.2) is 42.0 Å². The average Bonchev–Trinajstić information content (AvgIpc) is 3.11. The molecule has 10 heteroatoms. The van der Waals surface area contributed by atoms with Crippen molar-refractivity contribution in [2.75, 3.05) is 18.0 Å². The van der Waals surface area contributed by atoms with Crippen LogP contribution in [0.15, 0.2) is 24.4 Å². The van der Waals surface area contributed by atoms with E-state index < -0.39 is 29.5 Å². The number of nitriles is 1. The van der Waals surface area contributed by atoms with Crippen molar-refractivity contribution in [3.05, 3.63) is 47.3 Å². The Balaban J connectivity index is 2.22. The fourth-order valence-electron chi connectivity index (χ4n) is 3.44. The highest BCUT2D eigenvalue weighted by atomic mass is 19.3. The highest BCUT2D eigenvalue weighted by Crippen LogP contribution is 2.38. The lowest BCUT2D eigenvalue weighted by Crippen LogP contribution is -2.44. The second-order valence-corrected chi connectivity index (χ2v) is 7.66. The summed E-state index contributed by atoms with van der Waals surface area (Å²) in [6, 6.07) is 2.87. The van der Waals surface area contributed by atoms with Gasteiger partial charge in [-0.25, -0.2) is 22.5 Å². The first-order valence-corrected chi connectivity index (χ1v) is 9.60. The lowest BCUT2D eigenvalue weighted by Gasteiger charge is -2.27. The summed E-state index contributed by atoms with van der Waals surface area (Å²) in [4.78, 5) is 18.6. The fraction of sp³-hybridized carbons (Fsp3) is 0.381. The molecule has 1 aromatic carbocycles. The highest BCUT2D eigenvalue weighted by Gasteiger charge is 2.34. The number of nitrogens with one attached hydrogen (secondary N) is 1. The average molecular weight is 435 g/mol. The van der Waals surface area contributed by atoms with Crippen LogP contribution in [0, 0.1) is 23.0 Å². The molecule has 1 aliphatic heterocycles. The number of hydrogen-bond donors (Lipinski definition) is 2. The van der Waals surface area contributed by atoms with Crippen LogP contribution in [0.4, 0.5) is 23.2 Å². The molecule has 0 aliphatic carbocycles. The Morgan fingerprint density at radius 3 is 2.52 bits per heavy atom. The standard InChI is InChI=1S/C21H21F4N5O/c1-11(21(2,24)25)29-20(31)16-9-28-17(8-26)18(12-5-13(22)7-14(23)6-12)19(16)30-4-3-15(27)10-30/h5-7,9,11,15H,3-4,10,27H2,1-2H3,(H,29,31)/t11-,15-/m0/s1. The number of carbonyl (C=O) groups is 1. The molecule has 3 rings (SSSR count). The minimum atomic E-state index is -3.18. The molecule has 0 unspecified atom stereocenters. The zero-order valence-electron chi connectivity index (χ0n) is 16.9. The number of carbonyl (C=O) groups excluding carboxylic acids is 1. The van der Waals surface area contributed by atoms with Gasteiger partial charge in [0, 0.05) is 43.9 Å². The minimum absolute atomic E-state index is 0.000501. The number of halogens is 4. The Labute approximate surface area is 176 Å². The zero-order chi connectivity index (χ0) is 22.9. The molecular weight excluding hydrogens is 414 g/mol. The molecule has 2 atom stereocenters. The van der Waals surface area contributed by atoms with Gasteiger partial charge in [0.25, 0.3) is 11.8 Å². The number of aromatic nitrogens is 1. The molecule has 1 saturated heterocycles. The van der Waals surface area contributed by atoms with Crippen LogP contribution in [-0.2, 0) is 0 Å². The van der Waals surface area contributed by atoms with Crippen molar-refractivity contribution < 1.29 is 22.4 Å². The minimum Gasteiger partial charge on any atom is -0.369 e. The van der Waals surface area contributed by atoms with Gasteiger partial charge in [-0.2, -0.15) is 5.26 Å². The van der Waals surface area contributed by atoms with Crippen molar-refractivity contribution in [1.29, 1.82) is 5.26 Å². The number of hydrogen-bond acceptors (Lipinski definition) is 5. The molecule has 164 valence electrons. The molecular formula is C21H21F4N5O. The van der Waals surface area contributed by atoms with Crippen molar-refractivity contribution in [3.8, 4) is 17.2 Å². The molecule has 1 aliphatic rings. The van der Waals surface area contributed by atoms with E-state index in [1.54, 1.807) is 4.90 Å². The van der Waals surface area contributed by atoms with Crippen LogP contribution in [0.25, 0.3) is 11.1 Å². The number of rotatable bonds is 5. The van der Waals surface area contributed by atoms with Gasteiger partial charge in [-0.05, 0) is 31.0 Å². The van der Waals surface area contributed by atoms with Crippen LogP contribution < -0.4 is 16.0 Å². The lowest BCUT2D eigenvalue weighted by molar-refractivity contribution is -0.0108. The SMILES string of the molecule is C[C@H](NC(=O)c1cnc(C#N)c(-c2cc(F)cc(F)c2)c1N1CC[C@H](N)C1)C(C)(F)F. The van der Waals surface area contributed by atoms with Gasteiger partial charge in [-0.1, -0.05) is 0 Å². The fourth-order valence-corrected chi connectivity index (χ4v) is 3.44. The van der Waals surface area contributed by atoms with Crippen molar-refractivity contribution in [2.45, 2.75) is 38.3 Å². The van der Waals surface area contributed by atoms with E-state index in [4.69, 9.17) is 5.73 Å². The maximum atomic E-state index is 13.9. The monoisotopic (exact) mass is 435 g/mol. The smallest absolute Gasteiger partial charge is 0.264 e. The molecule has 0 radical (unpaired) electrons. The van der Waals surface area contributed by atoms with Gasteiger partial charge in [-0.15, -0.1) is 0 Å². The number of alkyl halides is 2. The summed E-state index contributed by atoms with van der Waals surface area (Å²) in [5, 5.41) is 11.8. The van der Waals surface area contributed by atoms with E-state index in [0.717, 1.165) is 25.3 Å². The van der Waals surface area contributed by atoms with Gasteiger partial charge in [0.2, 0.25) is 0 Å². The van der Waals surface area contributed by atoms with Crippen LogP contribution in [0.1, 0.15) is 36.3 Å². The van der Waals surface area contributed by atoms with Crippen LogP contribution in [0.2, 0.25) is 0 Å². The number of nitrogens with two attached hydrogens (primary N) is 1. The van der Waals surface area contributed by atoms with Crippen LogP contribution in [0.5, 0.6) is 0 Å². The Kier molecular flexibility index (Phi) is 6.18. The third kappa shape index (κ3) is 4.77. The molecule has 31 heavy (non-hydrogen) atoms. The zero-order valence-corrected chi connectivity index (χ0v) is 16.9. The highest BCUT2D eigenvalue weighted by molar-refractivity contribution is 6.04. The van der Waals surface area contributed by atoms with Crippen molar-refractivity contribution in [2.24, 2.45) is 5.73 Å². The Hall–Kier alpha value is -3.19. The van der Waals surface area contributed by atoms with Gasteiger partial charge in [0.15, 0.2) is 0 Å². The molecule has 0 bridgehead atoms. The third-order valence-electron chi connectivity index (χ3n) is 5.20. The summed E-state index contributed by atoms with van der Waals surface area (Å²) < 4.78 is 55.1. The van der Waals surface area contributed by atoms with Gasteiger partial charge in [-0.3, -0.25) is 4.79 Å². The summed E-state index contributed by atoms with van der Waals surface area (Å²) in [5.74, 6) is -5.78. The second kappa shape index (κ2) is 8.51. The van der Waals surface area contributed by atoms with Gasteiger partial charge < -0.3 is 16.0 Å². The maximum Gasteiger partial charge on any atom is 0.264 e. The first-order chi connectivity index (χ1) is 14.5. The van der Waals surface area contributed by atoms with Crippen molar-refractivity contribution >= 4 is 11.6 Å². The first kappa shape index (κ1) is 22.5. The quantitative estimate of drug-likeness (QED) is 0.704. The van der Waals surface area contributed by atoms with E-state index in [1.165, 1.54) is 0 Å². The third-order valence-corrected chi connectivity index (χ3v) is 5.20. The number of nitrogens with zero attached hydrogens (tertiary/aromatic N) is 3. The van der Waals surface area contributed by atoms with E-state index in [-0.39, 0.29) is 34.1 Å². The Morgan fingerprint density at radius 1 is 1.35 bits per heavy atom. The van der Waals surface area contributed by atoms with Crippen LogP contribution in [0.3, 0.4) is 0 Å². The molecule has 1 fully saturated rings. The molecule has 1 aromatic heterocycles. The number of pyridine rings is 1. The number of anilines is 1. The topological polar surface area (TPSA) is 95.0 Å². The van der Waals surface area contributed by atoms with Gasteiger partial charge >= 0.3 is 0 Å². The van der Waals surface area contributed by atoms with E-state index in [2.05, 4.69) is 10.3 Å².